The molecule has 0 amide bonds. The molecule has 3 nitrogen and oxygen atoms in total. The summed E-state index contributed by atoms with van der Waals surface area (Å²) in [6.45, 7) is 10.1. The van der Waals surface area contributed by atoms with Crippen molar-refractivity contribution in [1.29, 1.82) is 0 Å². The van der Waals surface area contributed by atoms with E-state index in [9.17, 15) is 0 Å². The zero-order chi connectivity index (χ0) is 12.7. The van der Waals surface area contributed by atoms with E-state index in [2.05, 4.69) is 51.3 Å². The van der Waals surface area contributed by atoms with Crippen LogP contribution in [0.4, 0.5) is 0 Å². The van der Waals surface area contributed by atoms with E-state index in [0.717, 1.165) is 0 Å². The van der Waals surface area contributed by atoms with Crippen LogP contribution in [0.5, 0.6) is 0 Å². The number of aryl methyl sites for hydroxylation is 1. The lowest BCUT2D eigenvalue weighted by molar-refractivity contribution is -0.0790. The van der Waals surface area contributed by atoms with Gasteiger partial charge in [-0.25, -0.2) is 5.43 Å². The molecule has 1 aliphatic heterocycles. The average Bonchev–Trinajstić information content (AvgIpc) is 2.18. The van der Waals surface area contributed by atoms with Gasteiger partial charge < -0.3 is 4.74 Å². The van der Waals surface area contributed by atoms with Crippen LogP contribution in [0, 0.1) is 6.92 Å². The van der Waals surface area contributed by atoms with Crippen molar-refractivity contribution in [3.05, 3.63) is 34.9 Å². The van der Waals surface area contributed by atoms with Gasteiger partial charge in [0.15, 0.2) is 0 Å². The predicted octanol–water partition coefficient (Wildman–Crippen LogP) is 1.98. The van der Waals surface area contributed by atoms with Crippen molar-refractivity contribution in [3.8, 4) is 0 Å². The molecular formula is C14H22N2O. The molecule has 1 aromatic rings. The van der Waals surface area contributed by atoms with Gasteiger partial charge in [0, 0.05) is 0 Å². The Bertz CT molecular complexity index is 411. The SMILES string of the molecule is Cc1ccc(C(C)(C)C)cc1C1(NN)COC1. The summed E-state index contributed by atoms with van der Waals surface area (Å²) in [4.78, 5) is 0. The lowest BCUT2D eigenvalue weighted by Crippen LogP contribution is -2.60. The van der Waals surface area contributed by atoms with Crippen molar-refractivity contribution in [1.82, 2.24) is 5.43 Å². The van der Waals surface area contributed by atoms with E-state index < -0.39 is 0 Å². The normalized spacial score (nSPS) is 18.9. The lowest BCUT2D eigenvalue weighted by atomic mass is 9.80. The number of hydrazine groups is 1. The molecule has 1 aromatic carbocycles. The monoisotopic (exact) mass is 234 g/mol. The Morgan fingerprint density at radius 1 is 1.29 bits per heavy atom. The highest BCUT2D eigenvalue weighted by Crippen LogP contribution is 2.34. The maximum Gasteiger partial charge on any atom is 0.104 e. The first-order valence-corrected chi connectivity index (χ1v) is 6.06. The molecule has 2 rings (SSSR count). The summed E-state index contributed by atoms with van der Waals surface area (Å²) in [5.41, 5.74) is 6.75. The van der Waals surface area contributed by atoms with Gasteiger partial charge in [-0.1, -0.05) is 39.0 Å². The molecule has 0 aromatic heterocycles. The minimum absolute atomic E-state index is 0.156. The molecule has 0 atom stereocenters. The van der Waals surface area contributed by atoms with Crippen LogP contribution in [-0.4, -0.2) is 13.2 Å². The zero-order valence-corrected chi connectivity index (χ0v) is 11.1. The Kier molecular flexibility index (Phi) is 3.02. The molecule has 0 radical (unpaired) electrons. The van der Waals surface area contributed by atoms with E-state index in [-0.39, 0.29) is 11.0 Å². The summed E-state index contributed by atoms with van der Waals surface area (Å²) >= 11 is 0. The van der Waals surface area contributed by atoms with Crippen molar-refractivity contribution in [2.24, 2.45) is 5.84 Å². The molecule has 1 heterocycles. The van der Waals surface area contributed by atoms with Crippen LogP contribution >= 0.6 is 0 Å². The number of rotatable bonds is 2. The van der Waals surface area contributed by atoms with Crippen LogP contribution in [0.15, 0.2) is 18.2 Å². The van der Waals surface area contributed by atoms with Gasteiger partial charge in [-0.3, -0.25) is 5.84 Å². The van der Waals surface area contributed by atoms with Crippen molar-refractivity contribution < 1.29 is 4.74 Å². The lowest BCUT2D eigenvalue weighted by Gasteiger charge is -2.42. The highest BCUT2D eigenvalue weighted by molar-refractivity contribution is 5.40. The van der Waals surface area contributed by atoms with Gasteiger partial charge in [-0.2, -0.15) is 0 Å². The summed E-state index contributed by atoms with van der Waals surface area (Å²) in [5, 5.41) is 0. The van der Waals surface area contributed by atoms with Crippen LogP contribution in [0.3, 0.4) is 0 Å². The first kappa shape index (κ1) is 12.6. The Labute approximate surface area is 103 Å². The average molecular weight is 234 g/mol. The van der Waals surface area contributed by atoms with E-state index in [1.54, 1.807) is 0 Å². The van der Waals surface area contributed by atoms with Crippen LogP contribution in [-0.2, 0) is 15.7 Å². The summed E-state index contributed by atoms with van der Waals surface area (Å²) in [7, 11) is 0. The number of hydrogen-bond donors (Lipinski definition) is 2. The molecule has 94 valence electrons. The van der Waals surface area contributed by atoms with Crippen molar-refractivity contribution in [2.75, 3.05) is 13.2 Å². The molecule has 3 heteroatoms. The first-order valence-electron chi connectivity index (χ1n) is 6.06. The molecule has 1 fully saturated rings. The summed E-state index contributed by atoms with van der Waals surface area (Å²) in [6, 6.07) is 6.63. The molecule has 0 bridgehead atoms. The Hall–Kier alpha value is -0.900. The van der Waals surface area contributed by atoms with Gasteiger partial charge in [0.25, 0.3) is 0 Å². The van der Waals surface area contributed by atoms with Gasteiger partial charge in [0.2, 0.25) is 0 Å². The third kappa shape index (κ3) is 2.10. The minimum atomic E-state index is -0.189. The van der Waals surface area contributed by atoms with Crippen molar-refractivity contribution >= 4 is 0 Å². The molecule has 0 spiro atoms. The second-order valence-corrected chi connectivity index (χ2v) is 6.00. The van der Waals surface area contributed by atoms with E-state index in [4.69, 9.17) is 10.6 Å². The van der Waals surface area contributed by atoms with E-state index >= 15 is 0 Å². The topological polar surface area (TPSA) is 47.3 Å². The van der Waals surface area contributed by atoms with Crippen LogP contribution in [0.1, 0.15) is 37.5 Å². The number of nitrogens with one attached hydrogen (secondary N) is 1. The summed E-state index contributed by atoms with van der Waals surface area (Å²) in [6.07, 6.45) is 0. The molecular weight excluding hydrogens is 212 g/mol. The molecule has 1 saturated heterocycles. The highest BCUT2D eigenvalue weighted by atomic mass is 16.5. The second kappa shape index (κ2) is 4.09. The fourth-order valence-electron chi connectivity index (χ4n) is 2.23. The van der Waals surface area contributed by atoms with Gasteiger partial charge in [-0.15, -0.1) is 0 Å². The molecule has 1 aliphatic rings. The Morgan fingerprint density at radius 2 is 1.94 bits per heavy atom. The van der Waals surface area contributed by atoms with Gasteiger partial charge in [0.1, 0.15) is 5.54 Å². The number of hydrogen-bond acceptors (Lipinski definition) is 3. The third-order valence-corrected chi connectivity index (χ3v) is 3.59. The Morgan fingerprint density at radius 3 is 2.35 bits per heavy atom. The predicted molar refractivity (Wildman–Crippen MR) is 69.7 cm³/mol. The smallest absolute Gasteiger partial charge is 0.104 e. The quantitative estimate of drug-likeness (QED) is 0.607. The minimum Gasteiger partial charge on any atom is -0.377 e. The van der Waals surface area contributed by atoms with Crippen molar-refractivity contribution in [3.63, 3.8) is 0 Å². The standard InChI is InChI=1S/C14H22N2O/c1-10-5-6-11(13(2,3)4)7-12(10)14(16-15)8-17-9-14/h5-7,16H,8-9,15H2,1-4H3. The fraction of sp³-hybridized carbons (Fsp3) is 0.571. The van der Waals surface area contributed by atoms with Gasteiger partial charge in [-0.05, 0) is 29.0 Å². The maximum atomic E-state index is 5.70. The second-order valence-electron chi connectivity index (χ2n) is 6.00. The first-order chi connectivity index (χ1) is 7.89. The van der Waals surface area contributed by atoms with E-state index in [1.165, 1.54) is 16.7 Å². The molecule has 0 unspecified atom stereocenters. The van der Waals surface area contributed by atoms with Crippen molar-refractivity contribution in [2.45, 2.75) is 38.6 Å². The Balaban J connectivity index is 2.46. The largest absolute Gasteiger partial charge is 0.377 e. The molecule has 17 heavy (non-hydrogen) atoms. The van der Waals surface area contributed by atoms with E-state index in [1.807, 2.05) is 0 Å². The number of nitrogens with two attached hydrogens (primary N) is 1. The maximum absolute atomic E-state index is 5.70. The highest BCUT2D eigenvalue weighted by Gasteiger charge is 2.40. The number of ether oxygens (including phenoxy) is 1. The van der Waals surface area contributed by atoms with Gasteiger partial charge in [0.05, 0.1) is 13.2 Å². The number of benzene rings is 1. The summed E-state index contributed by atoms with van der Waals surface area (Å²) in [5.74, 6) is 5.70. The van der Waals surface area contributed by atoms with Gasteiger partial charge >= 0.3 is 0 Å². The summed E-state index contributed by atoms with van der Waals surface area (Å²) < 4.78 is 5.32. The van der Waals surface area contributed by atoms with Crippen LogP contribution < -0.4 is 11.3 Å². The molecule has 0 saturated carbocycles. The molecule has 3 N–H and O–H groups in total. The zero-order valence-electron chi connectivity index (χ0n) is 11.1. The molecule has 0 aliphatic carbocycles. The van der Waals surface area contributed by atoms with Crippen LogP contribution in [0.2, 0.25) is 0 Å². The van der Waals surface area contributed by atoms with Crippen LogP contribution in [0.25, 0.3) is 0 Å². The fourth-order valence-corrected chi connectivity index (χ4v) is 2.23. The van der Waals surface area contributed by atoms with E-state index in [0.29, 0.717) is 13.2 Å². The third-order valence-electron chi connectivity index (χ3n) is 3.59.